The second kappa shape index (κ2) is 9.12. The number of aliphatic hydroxyl groups is 2. The summed E-state index contributed by atoms with van der Waals surface area (Å²) in [6.45, 7) is 5.59. The zero-order valence-electron chi connectivity index (χ0n) is 19.6. The molecule has 2 N–H and O–H groups in total. The number of cyclic esters (lactones) is 1. The van der Waals surface area contributed by atoms with Crippen molar-refractivity contribution in [2.75, 3.05) is 0 Å². The van der Waals surface area contributed by atoms with E-state index in [4.69, 9.17) is 9.47 Å². The molecule has 9 heteroatoms. The highest BCUT2D eigenvalue weighted by Crippen LogP contribution is 2.45. The molecule has 2 aliphatic heterocycles. The molecule has 0 amide bonds. The molecule has 180 valence electrons. The van der Waals surface area contributed by atoms with Crippen LogP contribution in [0.1, 0.15) is 58.7 Å². The van der Waals surface area contributed by atoms with Crippen LogP contribution in [0.4, 0.5) is 0 Å². The van der Waals surface area contributed by atoms with E-state index in [0.717, 1.165) is 18.4 Å². The van der Waals surface area contributed by atoms with Crippen LogP contribution in [0, 0.1) is 11.8 Å². The standard InChI is InChI=1S/C24H33N3O6/c1-13(8-20-25-12-26-27(20)4)18-11-19-24(3,33-19)7-5-6-15-9-16(17(28)10-21(29)32-18)23(31)14(2)22(15)30/h8-9,12,14-15,17-19,22,28,30H,5-7,10-11H2,1-4H3/b13-8+/t14-,15-,17+,18+,19+,22-,24-/m1/s1. The molecular formula is C24H33N3O6. The smallest absolute Gasteiger partial charge is 0.309 e. The molecule has 9 nitrogen and oxygen atoms in total. The number of esters is 1. The first kappa shape index (κ1) is 23.8. The van der Waals surface area contributed by atoms with Crippen molar-refractivity contribution in [2.45, 2.75) is 82.9 Å². The Bertz CT molecular complexity index is 985. The van der Waals surface area contributed by atoms with E-state index in [1.165, 1.54) is 6.33 Å². The van der Waals surface area contributed by atoms with E-state index in [-0.39, 0.29) is 35.4 Å². The number of nitrogens with zero attached hydrogens (tertiary/aromatic N) is 3. The highest BCUT2D eigenvalue weighted by atomic mass is 16.6. The highest BCUT2D eigenvalue weighted by Gasteiger charge is 2.53. The number of hydrogen-bond acceptors (Lipinski definition) is 8. The number of carbonyl (C=O) groups is 2. The van der Waals surface area contributed by atoms with E-state index in [0.29, 0.717) is 18.7 Å². The monoisotopic (exact) mass is 459 g/mol. The van der Waals surface area contributed by atoms with Crippen LogP contribution in [0.25, 0.3) is 6.08 Å². The van der Waals surface area contributed by atoms with Gasteiger partial charge < -0.3 is 19.7 Å². The van der Waals surface area contributed by atoms with Crippen LogP contribution in [0.15, 0.2) is 23.5 Å². The Kier molecular flexibility index (Phi) is 6.57. The molecule has 0 saturated carbocycles. The zero-order valence-corrected chi connectivity index (χ0v) is 19.6. The van der Waals surface area contributed by atoms with E-state index in [2.05, 4.69) is 17.0 Å². The SMILES string of the molecule is C/C(=C\c1ncnn1C)[C@@H]1C[C@@H]2O[C@]2(C)CCC[C@@H]2C=C(C(=O)[C@H](C)[C@H]2O)[C@@H](O)CC(=O)O1. The highest BCUT2D eigenvalue weighted by molar-refractivity contribution is 5.99. The Morgan fingerprint density at radius 2 is 2.09 bits per heavy atom. The summed E-state index contributed by atoms with van der Waals surface area (Å²) in [5, 5.41) is 25.4. The minimum atomic E-state index is -1.27. The predicted octanol–water partition coefficient (Wildman–Crippen LogP) is 1.73. The molecule has 2 bridgehead atoms. The summed E-state index contributed by atoms with van der Waals surface area (Å²) in [7, 11) is 1.78. The largest absolute Gasteiger partial charge is 0.458 e. The maximum absolute atomic E-state index is 12.8. The second-order valence-electron chi connectivity index (χ2n) is 9.81. The lowest BCUT2D eigenvalue weighted by Crippen LogP contribution is -2.40. The molecule has 7 atom stereocenters. The van der Waals surface area contributed by atoms with Gasteiger partial charge in [-0.05, 0) is 44.8 Å². The first-order chi connectivity index (χ1) is 15.6. The first-order valence-corrected chi connectivity index (χ1v) is 11.6. The number of ether oxygens (including phenoxy) is 2. The fraction of sp³-hybridized carbons (Fsp3) is 0.667. The van der Waals surface area contributed by atoms with Crippen molar-refractivity contribution < 1.29 is 29.3 Å². The van der Waals surface area contributed by atoms with Crippen LogP contribution in [-0.4, -0.2) is 66.7 Å². The molecule has 0 spiro atoms. The third-order valence-electron chi connectivity index (χ3n) is 7.32. The number of carbonyl (C=O) groups excluding carboxylic acids is 2. The molecule has 1 aromatic rings. The van der Waals surface area contributed by atoms with Gasteiger partial charge in [0.25, 0.3) is 0 Å². The summed E-state index contributed by atoms with van der Waals surface area (Å²) < 4.78 is 13.4. The number of aliphatic hydroxyl groups excluding tert-OH is 2. The Hall–Kier alpha value is -2.36. The molecule has 1 aromatic heterocycles. The zero-order chi connectivity index (χ0) is 23.9. The number of hydrogen-bond donors (Lipinski definition) is 2. The number of aryl methyl sites for hydroxylation is 1. The van der Waals surface area contributed by atoms with Crippen molar-refractivity contribution in [3.05, 3.63) is 29.4 Å². The van der Waals surface area contributed by atoms with Gasteiger partial charge in [0.05, 0.1) is 30.3 Å². The van der Waals surface area contributed by atoms with E-state index in [1.54, 1.807) is 24.7 Å². The molecule has 0 unspecified atom stereocenters. The fourth-order valence-corrected chi connectivity index (χ4v) is 4.95. The quantitative estimate of drug-likeness (QED) is 0.506. The summed E-state index contributed by atoms with van der Waals surface area (Å²) in [6, 6.07) is 0. The molecule has 0 aromatic carbocycles. The van der Waals surface area contributed by atoms with E-state index >= 15 is 0 Å². The summed E-state index contributed by atoms with van der Waals surface area (Å²) in [5.74, 6) is -1.15. The minimum absolute atomic E-state index is 0.0612. The normalized spacial score (nSPS) is 38.1. The number of Topliss-reactive ketones (excluding diaryl/α,β-unsaturated/α-hetero) is 1. The van der Waals surface area contributed by atoms with Gasteiger partial charge in [-0.2, -0.15) is 5.10 Å². The van der Waals surface area contributed by atoms with Crippen LogP contribution in [-0.2, 0) is 26.1 Å². The summed E-state index contributed by atoms with van der Waals surface area (Å²) >= 11 is 0. The average molecular weight is 460 g/mol. The van der Waals surface area contributed by atoms with Crippen molar-refractivity contribution >= 4 is 17.8 Å². The predicted molar refractivity (Wildman–Crippen MR) is 119 cm³/mol. The number of fused-ring (bicyclic) bond motifs is 2. The number of epoxide rings is 1. The van der Waals surface area contributed by atoms with Gasteiger partial charge in [0.1, 0.15) is 12.4 Å². The van der Waals surface area contributed by atoms with Gasteiger partial charge >= 0.3 is 5.97 Å². The fourth-order valence-electron chi connectivity index (χ4n) is 4.95. The number of rotatable bonds is 2. The van der Waals surface area contributed by atoms with E-state index < -0.39 is 30.2 Å². The van der Waals surface area contributed by atoms with Gasteiger partial charge in [0.15, 0.2) is 11.6 Å². The molecule has 3 heterocycles. The van der Waals surface area contributed by atoms with Crippen molar-refractivity contribution in [1.29, 1.82) is 0 Å². The molecule has 0 radical (unpaired) electrons. The van der Waals surface area contributed by atoms with Gasteiger partial charge in [0.2, 0.25) is 0 Å². The molecule has 1 aliphatic carbocycles. The second-order valence-corrected chi connectivity index (χ2v) is 9.81. The van der Waals surface area contributed by atoms with Gasteiger partial charge in [-0.25, -0.2) is 9.67 Å². The Balaban J connectivity index is 1.60. The minimum Gasteiger partial charge on any atom is -0.458 e. The summed E-state index contributed by atoms with van der Waals surface area (Å²) in [4.78, 5) is 29.7. The third kappa shape index (κ3) is 4.95. The van der Waals surface area contributed by atoms with Crippen LogP contribution >= 0.6 is 0 Å². The molecule has 3 aliphatic rings. The van der Waals surface area contributed by atoms with Gasteiger partial charge in [-0.1, -0.05) is 13.0 Å². The average Bonchev–Trinajstić information content (AvgIpc) is 3.21. The lowest BCUT2D eigenvalue weighted by molar-refractivity contribution is -0.149. The topological polar surface area (TPSA) is 127 Å². The first-order valence-electron chi connectivity index (χ1n) is 11.6. The van der Waals surface area contributed by atoms with Crippen LogP contribution in [0.2, 0.25) is 0 Å². The Morgan fingerprint density at radius 3 is 2.79 bits per heavy atom. The van der Waals surface area contributed by atoms with Crippen LogP contribution in [0.5, 0.6) is 0 Å². The molecular weight excluding hydrogens is 426 g/mol. The van der Waals surface area contributed by atoms with Gasteiger partial charge in [-0.15, -0.1) is 0 Å². The Labute approximate surface area is 193 Å². The Morgan fingerprint density at radius 1 is 1.33 bits per heavy atom. The van der Waals surface area contributed by atoms with Gasteiger partial charge in [0, 0.05) is 30.9 Å². The van der Waals surface area contributed by atoms with Crippen LogP contribution < -0.4 is 0 Å². The molecule has 4 rings (SSSR count). The third-order valence-corrected chi connectivity index (χ3v) is 7.32. The van der Waals surface area contributed by atoms with Crippen LogP contribution in [0.3, 0.4) is 0 Å². The van der Waals surface area contributed by atoms with Gasteiger partial charge in [-0.3, -0.25) is 9.59 Å². The van der Waals surface area contributed by atoms with Crippen molar-refractivity contribution in [3.8, 4) is 0 Å². The summed E-state index contributed by atoms with van der Waals surface area (Å²) in [5.41, 5.74) is 0.678. The van der Waals surface area contributed by atoms with Crippen molar-refractivity contribution in [3.63, 3.8) is 0 Å². The molecule has 1 saturated heterocycles. The lowest BCUT2D eigenvalue weighted by atomic mass is 9.75. The van der Waals surface area contributed by atoms with E-state index in [9.17, 15) is 19.8 Å². The maximum Gasteiger partial charge on any atom is 0.309 e. The summed E-state index contributed by atoms with van der Waals surface area (Å²) in [6.07, 6.45) is 4.70. The number of aromatic nitrogens is 3. The number of ketones is 1. The molecule has 33 heavy (non-hydrogen) atoms. The lowest BCUT2D eigenvalue weighted by Gasteiger charge is -2.32. The van der Waals surface area contributed by atoms with Crippen molar-refractivity contribution in [1.82, 2.24) is 14.8 Å². The van der Waals surface area contributed by atoms with E-state index in [1.807, 2.05) is 13.0 Å². The maximum atomic E-state index is 12.8. The molecule has 1 fully saturated rings. The van der Waals surface area contributed by atoms with Crippen molar-refractivity contribution in [2.24, 2.45) is 18.9 Å².